The maximum Gasteiger partial charge on any atom is 0.419 e. The Balaban J connectivity index is 1.65. The number of rotatable bonds is 1. The van der Waals surface area contributed by atoms with Gasteiger partial charge in [-0.25, -0.2) is 14.8 Å². The fourth-order valence-electron chi connectivity index (χ4n) is 3.01. The Labute approximate surface area is 137 Å². The Bertz CT molecular complexity index is 615. The fraction of sp³-hybridized carbons (Fsp3) is 0.667. The molecule has 2 bridgehead atoms. The van der Waals surface area contributed by atoms with Crippen LogP contribution in [0.2, 0.25) is 0 Å². The van der Waals surface area contributed by atoms with Crippen LogP contribution in [0.4, 0.5) is 23.9 Å². The van der Waals surface area contributed by atoms with Gasteiger partial charge < -0.3 is 14.5 Å². The number of hydrogen-bond donors (Lipinski definition) is 0. The van der Waals surface area contributed by atoms with Gasteiger partial charge in [0.2, 0.25) is 5.95 Å². The molecule has 6 nitrogen and oxygen atoms in total. The number of halogens is 3. The second kappa shape index (κ2) is 5.49. The second-order valence-electron chi connectivity index (χ2n) is 7.11. The van der Waals surface area contributed by atoms with Gasteiger partial charge in [-0.3, -0.25) is 0 Å². The summed E-state index contributed by atoms with van der Waals surface area (Å²) >= 11 is 0. The van der Waals surface area contributed by atoms with Crippen molar-refractivity contribution in [3.05, 3.63) is 18.0 Å². The van der Waals surface area contributed by atoms with E-state index in [2.05, 4.69) is 9.97 Å². The fourth-order valence-corrected chi connectivity index (χ4v) is 3.01. The maximum absolute atomic E-state index is 12.6. The van der Waals surface area contributed by atoms with E-state index in [1.165, 1.54) is 0 Å². The van der Waals surface area contributed by atoms with E-state index in [0.717, 1.165) is 18.8 Å². The van der Waals surface area contributed by atoms with Crippen LogP contribution in [0.1, 0.15) is 32.8 Å². The zero-order valence-corrected chi connectivity index (χ0v) is 13.7. The average molecular weight is 344 g/mol. The number of amides is 1. The van der Waals surface area contributed by atoms with Crippen molar-refractivity contribution in [3.63, 3.8) is 0 Å². The quantitative estimate of drug-likeness (QED) is 0.784. The Hall–Kier alpha value is -2.06. The minimum atomic E-state index is -4.45. The molecule has 2 atom stereocenters. The topological polar surface area (TPSA) is 58.6 Å². The molecule has 1 aromatic heterocycles. The molecule has 3 saturated heterocycles. The lowest BCUT2D eigenvalue weighted by Crippen LogP contribution is -2.70. The summed E-state index contributed by atoms with van der Waals surface area (Å²) in [6.45, 7) is 6.32. The van der Waals surface area contributed by atoms with Gasteiger partial charge in [-0.15, -0.1) is 0 Å². The summed E-state index contributed by atoms with van der Waals surface area (Å²) in [5.74, 6) is 0.271. The normalized spacial score (nSPS) is 23.8. The molecule has 2 unspecified atom stereocenters. The number of carbonyl (C=O) groups is 1. The first-order valence-electron chi connectivity index (χ1n) is 7.70. The minimum Gasteiger partial charge on any atom is -0.444 e. The monoisotopic (exact) mass is 344 g/mol. The Morgan fingerprint density at radius 1 is 1.17 bits per heavy atom. The Morgan fingerprint density at radius 3 is 2.17 bits per heavy atom. The Kier molecular flexibility index (Phi) is 3.84. The van der Waals surface area contributed by atoms with Crippen LogP contribution in [-0.2, 0) is 10.9 Å². The molecule has 24 heavy (non-hydrogen) atoms. The highest BCUT2D eigenvalue weighted by atomic mass is 19.4. The molecule has 4 heterocycles. The van der Waals surface area contributed by atoms with Crippen molar-refractivity contribution in [2.75, 3.05) is 18.0 Å². The van der Waals surface area contributed by atoms with Crippen LogP contribution in [0.5, 0.6) is 0 Å². The van der Waals surface area contributed by atoms with Crippen LogP contribution in [-0.4, -0.2) is 51.7 Å². The third-order valence-corrected chi connectivity index (χ3v) is 4.04. The SMILES string of the molecule is CC(C)(C)OC(=O)N1CC2CC(C1)N2c1ncc(C(F)(F)F)cn1. The number of piperazine rings is 1. The molecule has 3 aliphatic heterocycles. The molecule has 1 amide bonds. The van der Waals surface area contributed by atoms with E-state index in [4.69, 9.17) is 4.74 Å². The highest BCUT2D eigenvalue weighted by Gasteiger charge is 2.48. The summed E-state index contributed by atoms with van der Waals surface area (Å²) in [7, 11) is 0. The number of ether oxygens (including phenoxy) is 1. The van der Waals surface area contributed by atoms with Gasteiger partial charge in [-0.05, 0) is 27.2 Å². The van der Waals surface area contributed by atoms with E-state index >= 15 is 0 Å². The summed E-state index contributed by atoms with van der Waals surface area (Å²) in [4.78, 5) is 23.3. The summed E-state index contributed by atoms with van der Waals surface area (Å²) in [6, 6.07) is 0.0148. The Morgan fingerprint density at radius 2 is 1.71 bits per heavy atom. The van der Waals surface area contributed by atoms with Crippen LogP contribution in [0.15, 0.2) is 12.4 Å². The third kappa shape index (κ3) is 3.25. The number of hydrogen-bond acceptors (Lipinski definition) is 5. The van der Waals surface area contributed by atoms with E-state index in [-0.39, 0.29) is 24.1 Å². The molecule has 1 aromatic rings. The van der Waals surface area contributed by atoms with Gasteiger partial charge in [0.15, 0.2) is 0 Å². The number of alkyl halides is 3. The summed E-state index contributed by atoms with van der Waals surface area (Å²) < 4.78 is 43.1. The van der Waals surface area contributed by atoms with Gasteiger partial charge in [0, 0.05) is 25.5 Å². The molecular weight excluding hydrogens is 325 g/mol. The van der Waals surface area contributed by atoms with Crippen molar-refractivity contribution < 1.29 is 22.7 Å². The van der Waals surface area contributed by atoms with Crippen molar-refractivity contribution >= 4 is 12.0 Å². The average Bonchev–Trinajstić information content (AvgIpc) is 2.45. The van der Waals surface area contributed by atoms with E-state index in [9.17, 15) is 18.0 Å². The molecule has 0 aromatic carbocycles. The minimum absolute atomic E-state index is 0.00741. The summed E-state index contributed by atoms with van der Waals surface area (Å²) in [5, 5.41) is 0. The molecular formula is C15H19F3N4O2. The molecule has 0 aliphatic carbocycles. The molecule has 3 fully saturated rings. The lowest BCUT2D eigenvalue weighted by Gasteiger charge is -2.55. The van der Waals surface area contributed by atoms with Crippen molar-refractivity contribution in [2.24, 2.45) is 0 Å². The molecule has 0 spiro atoms. The second-order valence-corrected chi connectivity index (χ2v) is 7.11. The summed E-state index contributed by atoms with van der Waals surface area (Å²) in [5.41, 5.74) is -1.43. The lowest BCUT2D eigenvalue weighted by molar-refractivity contribution is -0.138. The standard InChI is InChI=1S/C15H19F3N4O2/c1-14(2,3)24-13(23)21-7-10-4-11(8-21)22(10)12-19-5-9(6-20-12)15(16,17)18/h5-6,10-11H,4,7-8H2,1-3H3. The van der Waals surface area contributed by atoms with Crippen molar-refractivity contribution in [1.29, 1.82) is 0 Å². The molecule has 0 N–H and O–H groups in total. The number of aromatic nitrogens is 2. The van der Waals surface area contributed by atoms with Crippen LogP contribution in [0.25, 0.3) is 0 Å². The molecule has 132 valence electrons. The highest BCUT2D eigenvalue weighted by molar-refractivity contribution is 5.69. The van der Waals surface area contributed by atoms with Crippen LogP contribution in [0.3, 0.4) is 0 Å². The van der Waals surface area contributed by atoms with Gasteiger partial charge in [-0.2, -0.15) is 13.2 Å². The van der Waals surface area contributed by atoms with Gasteiger partial charge >= 0.3 is 12.3 Å². The molecule has 9 heteroatoms. The summed E-state index contributed by atoms with van der Waals surface area (Å²) in [6.07, 6.45) is -2.37. The van der Waals surface area contributed by atoms with Gasteiger partial charge in [0.05, 0.1) is 17.6 Å². The zero-order valence-electron chi connectivity index (χ0n) is 13.7. The smallest absolute Gasteiger partial charge is 0.419 e. The number of anilines is 1. The molecule has 4 rings (SSSR count). The van der Waals surface area contributed by atoms with Crippen LogP contribution in [0, 0.1) is 0 Å². The van der Waals surface area contributed by atoms with Crippen LogP contribution >= 0.6 is 0 Å². The lowest BCUT2D eigenvalue weighted by atomic mass is 9.88. The molecule has 3 aliphatic rings. The van der Waals surface area contributed by atoms with E-state index < -0.39 is 17.3 Å². The number of fused-ring (bicyclic) bond motifs is 2. The largest absolute Gasteiger partial charge is 0.444 e. The van der Waals surface area contributed by atoms with Gasteiger partial charge in [0.25, 0.3) is 0 Å². The maximum atomic E-state index is 12.6. The van der Waals surface area contributed by atoms with Crippen molar-refractivity contribution in [1.82, 2.24) is 14.9 Å². The number of piperidine rings is 1. The molecule has 0 saturated carbocycles. The first kappa shape index (κ1) is 16.8. The van der Waals surface area contributed by atoms with Crippen LogP contribution < -0.4 is 4.90 Å². The predicted octanol–water partition coefficient (Wildman–Crippen LogP) is 2.69. The number of nitrogens with zero attached hydrogens (tertiary/aromatic N) is 4. The third-order valence-electron chi connectivity index (χ3n) is 4.04. The van der Waals surface area contributed by atoms with E-state index in [1.54, 1.807) is 25.7 Å². The van der Waals surface area contributed by atoms with Gasteiger partial charge in [-0.1, -0.05) is 0 Å². The molecule has 0 radical (unpaired) electrons. The van der Waals surface area contributed by atoms with Gasteiger partial charge in [0.1, 0.15) is 5.60 Å². The highest BCUT2D eigenvalue weighted by Crippen LogP contribution is 2.36. The number of carbonyl (C=O) groups excluding carboxylic acids is 1. The predicted molar refractivity (Wildman–Crippen MR) is 79.5 cm³/mol. The first-order chi connectivity index (χ1) is 11.0. The first-order valence-corrected chi connectivity index (χ1v) is 7.70. The van der Waals surface area contributed by atoms with Crippen molar-refractivity contribution in [2.45, 2.75) is 51.1 Å². The van der Waals surface area contributed by atoms with Crippen molar-refractivity contribution in [3.8, 4) is 0 Å². The zero-order chi connectivity index (χ0) is 17.7. The van der Waals surface area contributed by atoms with E-state index in [1.807, 2.05) is 4.90 Å². The van der Waals surface area contributed by atoms with E-state index in [0.29, 0.717) is 13.1 Å².